The summed E-state index contributed by atoms with van der Waals surface area (Å²) in [6.45, 7) is 2.21. The number of hydrogen-bond acceptors (Lipinski definition) is 6. The van der Waals surface area contributed by atoms with E-state index in [9.17, 15) is 18.0 Å². The fourth-order valence-corrected chi connectivity index (χ4v) is 3.84. The maximum atomic E-state index is 14.7. The summed E-state index contributed by atoms with van der Waals surface area (Å²) in [5.74, 6) is -1.37. The Bertz CT molecular complexity index is 1400. The van der Waals surface area contributed by atoms with Crippen molar-refractivity contribution in [3.63, 3.8) is 0 Å². The molecule has 162 valence electrons. The molecule has 1 aliphatic heterocycles. The highest BCUT2D eigenvalue weighted by Crippen LogP contribution is 2.33. The van der Waals surface area contributed by atoms with Gasteiger partial charge < -0.3 is 16.0 Å². The second-order valence-corrected chi connectivity index (χ2v) is 7.35. The Balaban J connectivity index is 1.72. The molecule has 0 unspecified atom stereocenters. The maximum Gasteiger partial charge on any atom is 0.263 e. The van der Waals surface area contributed by atoms with Gasteiger partial charge in [0.1, 0.15) is 35.2 Å². The molecular weight excluding hydrogens is 421 g/mol. The zero-order valence-corrected chi connectivity index (χ0v) is 16.8. The zero-order chi connectivity index (χ0) is 22.4. The standard InChI is InChI=1S/C22H17F3N6O/c1-11(30-21-18-20(27-9-26-18)28-10-29-21)17-7-12-5-6-13(23)8-14(12)22(32)31(17)19-15(24)3-2-4-16(19)25/h2-8,10-11,26H,9H2,1H3,(H2,27,28,29,30)/t11-/m0/s1. The second kappa shape index (κ2) is 7.56. The van der Waals surface area contributed by atoms with Crippen LogP contribution < -0.4 is 21.5 Å². The lowest BCUT2D eigenvalue weighted by Crippen LogP contribution is -2.27. The number of fused-ring (bicyclic) bond motifs is 2. The maximum absolute atomic E-state index is 14.7. The van der Waals surface area contributed by atoms with E-state index >= 15 is 0 Å². The van der Waals surface area contributed by atoms with Gasteiger partial charge in [-0.05, 0) is 42.6 Å². The molecule has 0 radical (unpaired) electrons. The molecule has 10 heteroatoms. The van der Waals surface area contributed by atoms with Gasteiger partial charge in [0, 0.05) is 5.69 Å². The van der Waals surface area contributed by atoms with Gasteiger partial charge in [0.05, 0.1) is 18.1 Å². The molecule has 0 saturated heterocycles. The third-order valence-electron chi connectivity index (χ3n) is 5.34. The third-order valence-corrected chi connectivity index (χ3v) is 5.34. The van der Waals surface area contributed by atoms with Crippen LogP contribution in [0.4, 0.5) is 30.5 Å². The van der Waals surface area contributed by atoms with Crippen LogP contribution in [-0.4, -0.2) is 21.2 Å². The van der Waals surface area contributed by atoms with Crippen LogP contribution in [-0.2, 0) is 0 Å². The smallest absolute Gasteiger partial charge is 0.263 e. The number of hydrogen-bond donors (Lipinski definition) is 3. The molecule has 0 bridgehead atoms. The molecule has 1 atom stereocenters. The van der Waals surface area contributed by atoms with Gasteiger partial charge in [-0.25, -0.2) is 23.1 Å². The van der Waals surface area contributed by atoms with E-state index in [1.54, 1.807) is 13.0 Å². The Morgan fingerprint density at radius 1 is 1.06 bits per heavy atom. The lowest BCUT2D eigenvalue weighted by atomic mass is 10.1. The quantitative estimate of drug-likeness (QED) is 0.444. The number of halogens is 3. The fourth-order valence-electron chi connectivity index (χ4n) is 3.84. The van der Waals surface area contributed by atoms with E-state index in [0.29, 0.717) is 29.4 Å². The van der Waals surface area contributed by atoms with Crippen molar-refractivity contribution in [2.24, 2.45) is 0 Å². The van der Waals surface area contributed by atoms with Crippen molar-refractivity contribution in [2.75, 3.05) is 22.6 Å². The molecule has 0 fully saturated rings. The third kappa shape index (κ3) is 3.20. The van der Waals surface area contributed by atoms with Crippen LogP contribution in [0.1, 0.15) is 18.7 Å². The van der Waals surface area contributed by atoms with Gasteiger partial charge in [0.2, 0.25) is 0 Å². The second-order valence-electron chi connectivity index (χ2n) is 7.35. The first-order valence-corrected chi connectivity index (χ1v) is 9.83. The van der Waals surface area contributed by atoms with Gasteiger partial charge in [-0.1, -0.05) is 12.1 Å². The number of aromatic nitrogens is 3. The fraction of sp³-hybridized carbons (Fsp3) is 0.136. The van der Waals surface area contributed by atoms with Crippen LogP contribution in [0.5, 0.6) is 0 Å². The van der Waals surface area contributed by atoms with E-state index < -0.39 is 34.7 Å². The summed E-state index contributed by atoms with van der Waals surface area (Å²) in [6, 6.07) is 8.07. The van der Waals surface area contributed by atoms with Gasteiger partial charge in [0.15, 0.2) is 11.6 Å². The largest absolute Gasteiger partial charge is 0.362 e. The highest BCUT2D eigenvalue weighted by atomic mass is 19.1. The molecular formula is C22H17F3N6O. The van der Waals surface area contributed by atoms with Gasteiger partial charge in [-0.15, -0.1) is 0 Å². The van der Waals surface area contributed by atoms with Crippen molar-refractivity contribution >= 4 is 28.1 Å². The topological polar surface area (TPSA) is 83.9 Å². The Morgan fingerprint density at radius 3 is 2.62 bits per heavy atom. The van der Waals surface area contributed by atoms with Crippen molar-refractivity contribution in [1.82, 2.24) is 14.5 Å². The predicted molar refractivity (Wildman–Crippen MR) is 116 cm³/mol. The number of para-hydroxylation sites is 1. The summed E-state index contributed by atoms with van der Waals surface area (Å²) in [6.07, 6.45) is 1.38. The van der Waals surface area contributed by atoms with Gasteiger partial charge >= 0.3 is 0 Å². The molecule has 0 saturated carbocycles. The zero-order valence-electron chi connectivity index (χ0n) is 16.8. The lowest BCUT2D eigenvalue weighted by molar-refractivity contribution is 0.561. The molecule has 2 aromatic heterocycles. The van der Waals surface area contributed by atoms with Crippen molar-refractivity contribution in [3.8, 4) is 5.69 Å². The number of rotatable bonds is 4. The highest BCUT2D eigenvalue weighted by molar-refractivity contribution is 5.83. The first-order valence-electron chi connectivity index (χ1n) is 9.83. The van der Waals surface area contributed by atoms with Gasteiger partial charge in [-0.3, -0.25) is 9.36 Å². The van der Waals surface area contributed by atoms with E-state index in [0.717, 1.165) is 22.8 Å². The first-order chi connectivity index (χ1) is 15.4. The Kier molecular flexibility index (Phi) is 4.69. The van der Waals surface area contributed by atoms with Gasteiger partial charge in [0.25, 0.3) is 5.56 Å². The predicted octanol–water partition coefficient (Wildman–Crippen LogP) is 4.17. The van der Waals surface area contributed by atoms with Crippen molar-refractivity contribution in [3.05, 3.63) is 82.3 Å². The number of benzene rings is 2. The Labute approximate surface area is 179 Å². The Hall–Kier alpha value is -4.08. The minimum atomic E-state index is -0.912. The SMILES string of the molecule is C[C@H](Nc1ncnc2c1NCN2)c1cc2ccc(F)cc2c(=O)n1-c1c(F)cccc1F. The first kappa shape index (κ1) is 19.9. The van der Waals surface area contributed by atoms with E-state index in [2.05, 4.69) is 25.9 Å². The van der Waals surface area contributed by atoms with Crippen LogP contribution in [0.3, 0.4) is 0 Å². The number of nitrogens with zero attached hydrogens (tertiary/aromatic N) is 3. The summed E-state index contributed by atoms with van der Waals surface area (Å²) in [4.78, 5) is 21.7. The van der Waals surface area contributed by atoms with Crippen LogP contribution in [0.15, 0.2) is 53.6 Å². The van der Waals surface area contributed by atoms with Crippen molar-refractivity contribution in [2.45, 2.75) is 13.0 Å². The van der Waals surface area contributed by atoms with Crippen LogP contribution in [0.2, 0.25) is 0 Å². The minimum absolute atomic E-state index is 0.0115. The van der Waals surface area contributed by atoms with Crippen molar-refractivity contribution in [1.29, 1.82) is 0 Å². The normalized spacial score (nSPS) is 13.4. The monoisotopic (exact) mass is 438 g/mol. The average Bonchev–Trinajstić information content (AvgIpc) is 3.25. The van der Waals surface area contributed by atoms with Crippen LogP contribution in [0, 0.1) is 17.5 Å². The minimum Gasteiger partial charge on any atom is -0.362 e. The molecule has 3 heterocycles. The van der Waals surface area contributed by atoms with Crippen LogP contribution in [0.25, 0.3) is 16.5 Å². The summed E-state index contributed by atoms with van der Waals surface area (Å²) in [7, 11) is 0. The number of pyridine rings is 1. The summed E-state index contributed by atoms with van der Waals surface area (Å²) in [5, 5.41) is 9.80. The molecule has 0 aliphatic carbocycles. The molecule has 0 amide bonds. The molecule has 32 heavy (non-hydrogen) atoms. The average molecular weight is 438 g/mol. The van der Waals surface area contributed by atoms with E-state index in [1.807, 2.05) is 0 Å². The molecule has 0 spiro atoms. The molecule has 2 aromatic carbocycles. The van der Waals surface area contributed by atoms with E-state index in [1.165, 1.54) is 24.5 Å². The Morgan fingerprint density at radius 2 is 1.84 bits per heavy atom. The lowest BCUT2D eigenvalue weighted by Gasteiger charge is -2.22. The molecule has 1 aliphatic rings. The number of anilines is 3. The number of nitrogens with one attached hydrogen (secondary N) is 3. The molecule has 4 aromatic rings. The van der Waals surface area contributed by atoms with Gasteiger partial charge in [-0.2, -0.15) is 0 Å². The molecule has 5 rings (SSSR count). The molecule has 3 N–H and O–H groups in total. The molecule has 7 nitrogen and oxygen atoms in total. The highest BCUT2D eigenvalue weighted by Gasteiger charge is 2.23. The summed E-state index contributed by atoms with van der Waals surface area (Å²) >= 11 is 0. The summed E-state index contributed by atoms with van der Waals surface area (Å²) in [5.41, 5.74) is -0.341. The van der Waals surface area contributed by atoms with Crippen LogP contribution >= 0.6 is 0 Å². The van der Waals surface area contributed by atoms with Crippen molar-refractivity contribution < 1.29 is 13.2 Å². The van der Waals surface area contributed by atoms with E-state index in [4.69, 9.17) is 0 Å². The van der Waals surface area contributed by atoms with E-state index in [-0.39, 0.29) is 11.1 Å². The summed E-state index contributed by atoms with van der Waals surface area (Å²) < 4.78 is 44.2.